The monoisotopic (exact) mass is 266 g/mol. The molecule has 1 aromatic carbocycles. The third-order valence-corrected chi connectivity index (χ3v) is 5.30. The second-order valence-electron chi connectivity index (χ2n) is 4.94. The van der Waals surface area contributed by atoms with Gasteiger partial charge in [0.2, 0.25) is 0 Å². The van der Waals surface area contributed by atoms with E-state index < -0.39 is 0 Å². The number of alkyl halides is 1. The van der Waals surface area contributed by atoms with Crippen molar-refractivity contribution in [3.05, 3.63) is 34.9 Å². The molecule has 0 saturated heterocycles. The van der Waals surface area contributed by atoms with Gasteiger partial charge >= 0.3 is 0 Å². The van der Waals surface area contributed by atoms with Crippen molar-refractivity contribution in [2.24, 2.45) is 5.41 Å². The molecule has 0 amide bonds. The second kappa shape index (κ2) is 3.93. The van der Waals surface area contributed by atoms with E-state index in [1.807, 2.05) is 0 Å². The molecule has 1 aromatic rings. The van der Waals surface area contributed by atoms with Gasteiger partial charge in [0.25, 0.3) is 0 Å². The first-order chi connectivity index (χ1) is 7.09. The van der Waals surface area contributed by atoms with Crippen LogP contribution in [0.4, 0.5) is 0 Å². The van der Waals surface area contributed by atoms with Gasteiger partial charge in [0.05, 0.1) is 0 Å². The molecule has 0 aromatic heterocycles. The summed E-state index contributed by atoms with van der Waals surface area (Å²) in [6, 6.07) is 6.80. The molecule has 0 bridgehead atoms. The Hall–Kier alpha value is -0.300. The summed E-state index contributed by atoms with van der Waals surface area (Å²) < 4.78 is 0. The minimum atomic E-state index is 0.551. The van der Waals surface area contributed by atoms with Crippen molar-refractivity contribution in [2.75, 3.05) is 0 Å². The maximum Gasteiger partial charge on any atom is 0.0454 e. The average Bonchev–Trinajstić information content (AvgIpc) is 2.97. The van der Waals surface area contributed by atoms with Gasteiger partial charge in [-0.25, -0.2) is 0 Å². The quantitative estimate of drug-likeness (QED) is 0.681. The Morgan fingerprint density at radius 3 is 2.47 bits per heavy atom. The van der Waals surface area contributed by atoms with Gasteiger partial charge in [-0.05, 0) is 49.7 Å². The summed E-state index contributed by atoms with van der Waals surface area (Å²) in [5.74, 6) is 0. The van der Waals surface area contributed by atoms with Crippen LogP contribution in [-0.2, 0) is 0 Å². The van der Waals surface area contributed by atoms with Gasteiger partial charge in [-0.3, -0.25) is 0 Å². The molecule has 0 N–H and O–H groups in total. The average molecular weight is 267 g/mol. The van der Waals surface area contributed by atoms with E-state index in [1.54, 1.807) is 0 Å². The molecule has 15 heavy (non-hydrogen) atoms. The fourth-order valence-electron chi connectivity index (χ4n) is 2.39. The molecule has 0 heterocycles. The molecular formula is C14H19Br. The van der Waals surface area contributed by atoms with Crippen LogP contribution in [0.25, 0.3) is 0 Å². The molecule has 1 fully saturated rings. The molecule has 0 radical (unpaired) electrons. The van der Waals surface area contributed by atoms with Gasteiger partial charge in [0, 0.05) is 4.83 Å². The highest BCUT2D eigenvalue weighted by atomic mass is 79.9. The zero-order valence-corrected chi connectivity index (χ0v) is 11.4. The Bertz CT molecular complexity index is 364. The van der Waals surface area contributed by atoms with Crippen molar-refractivity contribution in [1.82, 2.24) is 0 Å². The van der Waals surface area contributed by atoms with Crippen molar-refractivity contribution >= 4 is 15.9 Å². The number of aryl methyl sites for hydroxylation is 2. The van der Waals surface area contributed by atoms with E-state index in [2.05, 4.69) is 54.9 Å². The number of halogens is 1. The van der Waals surface area contributed by atoms with Gasteiger partial charge < -0.3 is 0 Å². The molecule has 0 spiro atoms. The van der Waals surface area contributed by atoms with Crippen LogP contribution in [0.15, 0.2) is 18.2 Å². The zero-order chi connectivity index (χ0) is 11.1. The lowest BCUT2D eigenvalue weighted by atomic mass is 9.91. The summed E-state index contributed by atoms with van der Waals surface area (Å²) >= 11 is 3.91. The normalized spacial score (nSPS) is 20.0. The van der Waals surface area contributed by atoms with E-state index in [0.29, 0.717) is 10.2 Å². The highest BCUT2D eigenvalue weighted by Gasteiger charge is 2.47. The number of hydrogen-bond donors (Lipinski definition) is 0. The van der Waals surface area contributed by atoms with Crippen molar-refractivity contribution < 1.29 is 0 Å². The van der Waals surface area contributed by atoms with Crippen LogP contribution in [0.2, 0.25) is 0 Å². The Balaban J connectivity index is 2.29. The highest BCUT2D eigenvalue weighted by Crippen LogP contribution is 2.61. The molecule has 82 valence electrons. The molecule has 0 aliphatic heterocycles. The lowest BCUT2D eigenvalue weighted by molar-refractivity contribution is 0.483. The second-order valence-corrected chi connectivity index (χ2v) is 5.85. The first-order valence-corrected chi connectivity index (χ1v) is 6.72. The fourth-order valence-corrected chi connectivity index (χ4v) is 3.68. The number of benzene rings is 1. The standard InChI is InChI=1S/C14H19Br/c1-4-14(7-8-14)13(15)12-6-5-10(2)9-11(12)3/h5-6,9,13H,4,7-8H2,1-3H3. The predicted molar refractivity (Wildman–Crippen MR) is 69.5 cm³/mol. The third-order valence-electron chi connectivity index (χ3n) is 3.83. The molecule has 0 nitrogen and oxygen atoms in total. The van der Waals surface area contributed by atoms with Crippen molar-refractivity contribution in [3.63, 3.8) is 0 Å². The summed E-state index contributed by atoms with van der Waals surface area (Å²) in [4.78, 5) is 0.551. The number of rotatable bonds is 3. The lowest BCUT2D eigenvalue weighted by Crippen LogP contribution is -2.08. The molecule has 1 atom stereocenters. The van der Waals surface area contributed by atoms with E-state index in [-0.39, 0.29) is 0 Å². The summed E-state index contributed by atoms with van der Waals surface area (Å²) in [5, 5.41) is 0. The molecular weight excluding hydrogens is 248 g/mol. The van der Waals surface area contributed by atoms with Crippen LogP contribution in [0.1, 0.15) is 47.7 Å². The first-order valence-electron chi connectivity index (χ1n) is 5.80. The Kier molecular flexibility index (Phi) is 2.94. The summed E-state index contributed by atoms with van der Waals surface area (Å²) in [6.07, 6.45) is 4.05. The van der Waals surface area contributed by atoms with Gasteiger partial charge in [0.1, 0.15) is 0 Å². The van der Waals surface area contributed by atoms with E-state index in [9.17, 15) is 0 Å². The topological polar surface area (TPSA) is 0 Å². The van der Waals surface area contributed by atoms with Crippen LogP contribution in [0, 0.1) is 19.3 Å². The third kappa shape index (κ3) is 1.99. The Morgan fingerprint density at radius 1 is 1.33 bits per heavy atom. The predicted octanol–water partition coefficient (Wildman–Crippen LogP) is 4.93. The van der Waals surface area contributed by atoms with Crippen LogP contribution >= 0.6 is 15.9 Å². The zero-order valence-electron chi connectivity index (χ0n) is 9.81. The highest BCUT2D eigenvalue weighted by molar-refractivity contribution is 9.09. The minimum Gasteiger partial charge on any atom is -0.0833 e. The first kappa shape index (κ1) is 11.2. The minimum absolute atomic E-state index is 0.551. The van der Waals surface area contributed by atoms with E-state index in [1.165, 1.54) is 36.0 Å². The van der Waals surface area contributed by atoms with Gasteiger partial charge in [-0.15, -0.1) is 0 Å². The van der Waals surface area contributed by atoms with Crippen LogP contribution in [0.3, 0.4) is 0 Å². The summed E-state index contributed by atoms with van der Waals surface area (Å²) in [7, 11) is 0. The Morgan fingerprint density at radius 2 is 2.00 bits per heavy atom. The summed E-state index contributed by atoms with van der Waals surface area (Å²) in [6.45, 7) is 6.69. The maximum atomic E-state index is 3.91. The van der Waals surface area contributed by atoms with Crippen molar-refractivity contribution in [2.45, 2.75) is 44.9 Å². The molecule has 1 unspecified atom stereocenters. The van der Waals surface area contributed by atoms with Crippen LogP contribution in [-0.4, -0.2) is 0 Å². The molecule has 1 heteroatoms. The largest absolute Gasteiger partial charge is 0.0833 e. The van der Waals surface area contributed by atoms with E-state index in [4.69, 9.17) is 0 Å². The van der Waals surface area contributed by atoms with Gasteiger partial charge in [-0.1, -0.05) is 46.6 Å². The van der Waals surface area contributed by atoms with Crippen LogP contribution in [0.5, 0.6) is 0 Å². The van der Waals surface area contributed by atoms with E-state index in [0.717, 1.165) is 0 Å². The van der Waals surface area contributed by atoms with Gasteiger partial charge in [0.15, 0.2) is 0 Å². The van der Waals surface area contributed by atoms with Crippen molar-refractivity contribution in [1.29, 1.82) is 0 Å². The molecule has 1 saturated carbocycles. The fraction of sp³-hybridized carbons (Fsp3) is 0.571. The molecule has 1 aliphatic rings. The SMILES string of the molecule is CCC1(C(Br)c2ccc(C)cc2C)CC1. The van der Waals surface area contributed by atoms with Gasteiger partial charge in [-0.2, -0.15) is 0 Å². The lowest BCUT2D eigenvalue weighted by Gasteiger charge is -2.22. The Labute approximate surface area is 101 Å². The van der Waals surface area contributed by atoms with Crippen molar-refractivity contribution in [3.8, 4) is 0 Å². The number of hydrogen-bond acceptors (Lipinski definition) is 0. The van der Waals surface area contributed by atoms with Crippen LogP contribution < -0.4 is 0 Å². The van der Waals surface area contributed by atoms with E-state index >= 15 is 0 Å². The molecule has 1 aliphatic carbocycles. The maximum absolute atomic E-state index is 3.91. The smallest absolute Gasteiger partial charge is 0.0454 e. The molecule has 2 rings (SSSR count). The summed E-state index contributed by atoms with van der Waals surface area (Å²) in [5.41, 5.74) is 4.83.